The van der Waals surface area contributed by atoms with E-state index in [-0.39, 0.29) is 40.2 Å². The van der Waals surface area contributed by atoms with Crippen molar-refractivity contribution in [2.24, 2.45) is 0 Å². The van der Waals surface area contributed by atoms with Gasteiger partial charge in [-0.3, -0.25) is 0 Å². The van der Waals surface area contributed by atoms with Gasteiger partial charge in [0.05, 0.1) is 52.8 Å². The zero-order valence-electron chi connectivity index (χ0n) is 23.5. The fourth-order valence-electron chi connectivity index (χ4n) is 5.32. The highest BCUT2D eigenvalue weighted by Gasteiger charge is 2.31. The van der Waals surface area contributed by atoms with E-state index < -0.39 is 25.0 Å². The monoisotopic (exact) mass is 626 g/mol. The number of fused-ring (bicyclic) bond motifs is 1. The van der Waals surface area contributed by atoms with E-state index in [1.54, 1.807) is 17.0 Å². The topological polar surface area (TPSA) is 49.0 Å². The molecular formula is C30H32F6N4O2S. The lowest BCUT2D eigenvalue weighted by Crippen LogP contribution is -2.36. The minimum Gasteiger partial charge on any atom is -0.433 e. The second-order valence-electron chi connectivity index (χ2n) is 10.5. The standard InChI is InChI=1S/C30H32F6N4O2S/c1-39-10-7-19(8-11-39)38-23-5-2-4-20-21(18-30(34,35)36)27(43-28(20)23)6-3-9-37-24-16-22(31)25(17-26(24)42-29(32)33)40-12-14-41-15-13-40/h2,4-5,16-17,19,29,37-38H,7-15,18H2,1H3. The Morgan fingerprint density at radius 2 is 1.84 bits per heavy atom. The molecule has 3 heterocycles. The molecule has 1 aromatic heterocycles. The van der Waals surface area contributed by atoms with Crippen LogP contribution in [-0.4, -0.2) is 76.7 Å². The van der Waals surface area contributed by atoms with Crippen LogP contribution in [0.3, 0.4) is 0 Å². The van der Waals surface area contributed by atoms with Crippen LogP contribution >= 0.6 is 11.3 Å². The predicted octanol–water partition coefficient (Wildman–Crippen LogP) is 6.55. The number of hydrogen-bond acceptors (Lipinski definition) is 7. The Kier molecular flexibility index (Phi) is 9.78. The number of halogens is 6. The number of nitrogens with zero attached hydrogens (tertiary/aromatic N) is 2. The number of benzene rings is 2. The summed E-state index contributed by atoms with van der Waals surface area (Å²) in [5, 5.41) is 6.79. The molecule has 2 fully saturated rings. The van der Waals surface area contributed by atoms with E-state index in [1.807, 2.05) is 6.07 Å². The first-order valence-electron chi connectivity index (χ1n) is 14.0. The number of piperidine rings is 1. The average Bonchev–Trinajstić information content (AvgIpc) is 3.30. The summed E-state index contributed by atoms with van der Waals surface area (Å²) in [6.07, 6.45) is -3.72. The second-order valence-corrected chi connectivity index (χ2v) is 11.6. The highest BCUT2D eigenvalue weighted by atomic mass is 32.1. The van der Waals surface area contributed by atoms with Gasteiger partial charge in [0.25, 0.3) is 0 Å². The molecule has 0 aliphatic carbocycles. The summed E-state index contributed by atoms with van der Waals surface area (Å²) in [5.74, 6) is 4.72. The third-order valence-corrected chi connectivity index (χ3v) is 8.66. The number of hydrogen-bond donors (Lipinski definition) is 2. The summed E-state index contributed by atoms with van der Waals surface area (Å²) in [6.45, 7) is 0.137. The number of thiophene rings is 1. The summed E-state index contributed by atoms with van der Waals surface area (Å²) in [6, 6.07) is 7.75. The maximum Gasteiger partial charge on any atom is 0.393 e. The number of ether oxygens (including phenoxy) is 2. The fraction of sp³-hybridized carbons (Fsp3) is 0.467. The van der Waals surface area contributed by atoms with Gasteiger partial charge in [0, 0.05) is 31.3 Å². The minimum absolute atomic E-state index is 0.0411. The van der Waals surface area contributed by atoms with Crippen molar-refractivity contribution < 1.29 is 35.8 Å². The van der Waals surface area contributed by atoms with Crippen LogP contribution in [0, 0.1) is 17.7 Å². The SMILES string of the molecule is CN1CCC(Nc2cccc3c(CC(F)(F)F)c(C#CCNc4cc(F)c(N5CCOCC5)cc4OC(F)F)sc23)CC1. The lowest BCUT2D eigenvalue weighted by Gasteiger charge is -2.30. The Balaban J connectivity index is 1.39. The van der Waals surface area contributed by atoms with Gasteiger partial charge in [-0.05, 0) is 50.0 Å². The summed E-state index contributed by atoms with van der Waals surface area (Å²) in [4.78, 5) is 4.19. The molecule has 2 saturated heterocycles. The summed E-state index contributed by atoms with van der Waals surface area (Å²) in [7, 11) is 2.06. The molecule has 0 atom stereocenters. The molecule has 2 aromatic carbocycles. The molecule has 0 spiro atoms. The first-order chi connectivity index (χ1) is 20.6. The fourth-order valence-corrected chi connectivity index (χ4v) is 6.49. The molecule has 0 radical (unpaired) electrons. The number of anilines is 3. The van der Waals surface area contributed by atoms with Gasteiger partial charge in [0.1, 0.15) is 5.82 Å². The number of morpholine rings is 1. The van der Waals surface area contributed by atoms with Crippen molar-refractivity contribution in [1.29, 1.82) is 0 Å². The molecule has 2 N–H and O–H groups in total. The van der Waals surface area contributed by atoms with Gasteiger partial charge in [0.15, 0.2) is 5.75 Å². The van der Waals surface area contributed by atoms with E-state index in [9.17, 15) is 26.3 Å². The summed E-state index contributed by atoms with van der Waals surface area (Å²) in [5.41, 5.74) is 0.939. The van der Waals surface area contributed by atoms with E-state index in [4.69, 9.17) is 4.74 Å². The molecule has 43 heavy (non-hydrogen) atoms. The van der Waals surface area contributed by atoms with Crippen molar-refractivity contribution in [3.63, 3.8) is 0 Å². The number of rotatable bonds is 8. The van der Waals surface area contributed by atoms with Gasteiger partial charge in [-0.2, -0.15) is 22.0 Å². The van der Waals surface area contributed by atoms with E-state index >= 15 is 0 Å². The Bertz CT molecular complexity index is 1470. The van der Waals surface area contributed by atoms with Crippen LogP contribution < -0.4 is 20.3 Å². The van der Waals surface area contributed by atoms with Crippen molar-refractivity contribution in [3.8, 4) is 17.6 Å². The second kappa shape index (κ2) is 13.5. The average molecular weight is 627 g/mol. The molecule has 2 aliphatic rings. The lowest BCUT2D eigenvalue weighted by molar-refractivity contribution is -0.126. The molecule has 232 valence electrons. The van der Waals surface area contributed by atoms with Gasteiger partial charge in [-0.1, -0.05) is 24.0 Å². The van der Waals surface area contributed by atoms with Gasteiger partial charge in [0.2, 0.25) is 0 Å². The Labute approximate surface area is 249 Å². The summed E-state index contributed by atoms with van der Waals surface area (Å²) < 4.78 is 92.7. The van der Waals surface area contributed by atoms with E-state index in [1.165, 1.54) is 17.4 Å². The quantitative estimate of drug-likeness (QED) is 0.219. The van der Waals surface area contributed by atoms with E-state index in [0.29, 0.717) is 36.4 Å². The van der Waals surface area contributed by atoms with Gasteiger partial charge in [-0.25, -0.2) is 4.39 Å². The van der Waals surface area contributed by atoms with E-state index in [2.05, 4.69) is 39.2 Å². The van der Waals surface area contributed by atoms with Crippen LogP contribution in [0.15, 0.2) is 30.3 Å². The third-order valence-electron chi connectivity index (χ3n) is 7.46. The number of likely N-dealkylation sites (tertiary alicyclic amines) is 1. The molecule has 0 saturated carbocycles. The van der Waals surface area contributed by atoms with E-state index in [0.717, 1.165) is 37.7 Å². The maximum absolute atomic E-state index is 15.0. The molecule has 6 nitrogen and oxygen atoms in total. The van der Waals surface area contributed by atoms with Crippen molar-refractivity contribution in [3.05, 3.63) is 46.6 Å². The third kappa shape index (κ3) is 7.99. The zero-order valence-corrected chi connectivity index (χ0v) is 24.3. The highest BCUT2D eigenvalue weighted by Crippen LogP contribution is 2.40. The Hall–Kier alpha value is -3.34. The molecule has 3 aromatic rings. The lowest BCUT2D eigenvalue weighted by atomic mass is 10.0. The maximum atomic E-state index is 15.0. The van der Waals surface area contributed by atoms with Crippen LogP contribution in [0.2, 0.25) is 0 Å². The first-order valence-corrected chi connectivity index (χ1v) is 14.8. The Morgan fingerprint density at radius 3 is 2.53 bits per heavy atom. The Morgan fingerprint density at radius 1 is 1.09 bits per heavy atom. The molecule has 2 aliphatic heterocycles. The normalized spacial score (nSPS) is 16.8. The van der Waals surface area contributed by atoms with Crippen molar-refractivity contribution >= 4 is 38.5 Å². The van der Waals surface area contributed by atoms with Crippen molar-refractivity contribution in [2.75, 3.05) is 68.5 Å². The largest absolute Gasteiger partial charge is 0.433 e. The van der Waals surface area contributed by atoms with Crippen LogP contribution in [0.25, 0.3) is 10.1 Å². The molecule has 5 rings (SSSR count). The number of alkyl halides is 5. The van der Waals surface area contributed by atoms with Crippen LogP contribution in [0.1, 0.15) is 23.3 Å². The zero-order chi connectivity index (χ0) is 30.6. The number of nitrogens with one attached hydrogen (secondary N) is 2. The van der Waals surface area contributed by atoms with Gasteiger partial charge < -0.3 is 29.9 Å². The van der Waals surface area contributed by atoms with Crippen LogP contribution in [0.5, 0.6) is 5.75 Å². The predicted molar refractivity (Wildman–Crippen MR) is 157 cm³/mol. The molecule has 0 bridgehead atoms. The van der Waals surface area contributed by atoms with Gasteiger partial charge >= 0.3 is 12.8 Å². The smallest absolute Gasteiger partial charge is 0.393 e. The molecule has 0 amide bonds. The highest BCUT2D eigenvalue weighted by molar-refractivity contribution is 7.20. The molecular weight excluding hydrogens is 594 g/mol. The van der Waals surface area contributed by atoms with Crippen LogP contribution in [0.4, 0.5) is 43.4 Å². The summed E-state index contributed by atoms with van der Waals surface area (Å²) >= 11 is 1.18. The minimum atomic E-state index is -4.44. The first kappa shape index (κ1) is 31.1. The molecule has 13 heteroatoms. The van der Waals surface area contributed by atoms with Crippen molar-refractivity contribution in [2.45, 2.75) is 38.1 Å². The van der Waals surface area contributed by atoms with Gasteiger partial charge in [-0.15, -0.1) is 11.3 Å². The molecule has 0 unspecified atom stereocenters. The van der Waals surface area contributed by atoms with Crippen molar-refractivity contribution in [1.82, 2.24) is 4.90 Å². The van der Waals surface area contributed by atoms with Crippen LogP contribution in [-0.2, 0) is 11.2 Å².